The fraction of sp³-hybridized carbons (Fsp3) is 0.353. The van der Waals surface area contributed by atoms with Gasteiger partial charge in [-0.1, -0.05) is 11.6 Å². The smallest absolute Gasteiger partial charge is 0.341 e. The first-order valence-corrected chi connectivity index (χ1v) is 9.69. The second kappa shape index (κ2) is 7.59. The number of carbonyl (C=O) groups excluding carboxylic acids is 1. The minimum atomic E-state index is -4.05. The molecule has 0 fully saturated rings. The van der Waals surface area contributed by atoms with Gasteiger partial charge >= 0.3 is 5.97 Å². The zero-order valence-corrected chi connectivity index (χ0v) is 16.8. The van der Waals surface area contributed by atoms with Gasteiger partial charge in [0, 0.05) is 18.4 Å². The lowest BCUT2D eigenvalue weighted by Crippen LogP contribution is -2.18. The summed E-state index contributed by atoms with van der Waals surface area (Å²) in [5.41, 5.74) is 1.22. The van der Waals surface area contributed by atoms with Crippen LogP contribution in [0.3, 0.4) is 0 Å². The van der Waals surface area contributed by atoms with E-state index in [4.69, 9.17) is 21.1 Å². The molecule has 1 N–H and O–H groups in total. The van der Waals surface area contributed by atoms with Gasteiger partial charge in [0.1, 0.15) is 16.2 Å². The van der Waals surface area contributed by atoms with E-state index in [9.17, 15) is 13.2 Å². The van der Waals surface area contributed by atoms with Crippen LogP contribution in [-0.4, -0.2) is 32.7 Å². The summed E-state index contributed by atoms with van der Waals surface area (Å²) in [6.45, 7) is 5.11. The molecule has 9 heteroatoms. The first kappa shape index (κ1) is 20.1. The Bertz CT molecular complexity index is 951. The van der Waals surface area contributed by atoms with Crippen LogP contribution in [-0.2, 0) is 21.8 Å². The second-order valence-corrected chi connectivity index (χ2v) is 7.64. The number of aromatic nitrogens is 1. The topological polar surface area (TPSA) is 86.6 Å². The maximum absolute atomic E-state index is 13.0. The van der Waals surface area contributed by atoms with E-state index < -0.39 is 16.0 Å². The molecule has 2 rings (SSSR count). The van der Waals surface area contributed by atoms with Crippen LogP contribution < -0.4 is 9.46 Å². The summed E-state index contributed by atoms with van der Waals surface area (Å²) in [7, 11) is -0.891. The Hall–Kier alpha value is -2.19. The fourth-order valence-corrected chi connectivity index (χ4v) is 4.45. The number of esters is 1. The third kappa shape index (κ3) is 3.66. The fourth-order valence-electron chi connectivity index (χ4n) is 2.63. The minimum Gasteiger partial charge on any atom is -0.495 e. The highest BCUT2D eigenvalue weighted by molar-refractivity contribution is 7.92. The van der Waals surface area contributed by atoms with Crippen LogP contribution in [0.1, 0.15) is 28.7 Å². The van der Waals surface area contributed by atoms with E-state index in [0.29, 0.717) is 17.1 Å². The molecule has 0 unspecified atom stereocenters. The van der Waals surface area contributed by atoms with Crippen molar-refractivity contribution in [2.24, 2.45) is 7.05 Å². The van der Waals surface area contributed by atoms with Gasteiger partial charge < -0.3 is 14.0 Å². The van der Waals surface area contributed by atoms with E-state index in [1.165, 1.54) is 19.2 Å². The molecule has 1 aromatic carbocycles. The van der Waals surface area contributed by atoms with Crippen LogP contribution in [0.15, 0.2) is 23.1 Å². The number of sulfonamides is 1. The van der Waals surface area contributed by atoms with Gasteiger partial charge in [-0.05, 0) is 39.0 Å². The number of hydrogen-bond donors (Lipinski definition) is 1. The number of anilines is 1. The maximum Gasteiger partial charge on any atom is 0.341 e. The van der Waals surface area contributed by atoms with Crippen molar-refractivity contribution in [1.29, 1.82) is 0 Å². The van der Waals surface area contributed by atoms with E-state index in [1.807, 2.05) is 0 Å². The summed E-state index contributed by atoms with van der Waals surface area (Å²) in [6, 6.07) is 4.51. The van der Waals surface area contributed by atoms with Gasteiger partial charge in [0.05, 0.1) is 24.4 Å². The monoisotopic (exact) mass is 400 g/mol. The molecule has 0 aliphatic heterocycles. The Morgan fingerprint density at radius 2 is 1.92 bits per heavy atom. The van der Waals surface area contributed by atoms with Crippen molar-refractivity contribution in [1.82, 2.24) is 4.57 Å². The molecule has 26 heavy (non-hydrogen) atoms. The highest BCUT2D eigenvalue weighted by atomic mass is 35.5. The summed E-state index contributed by atoms with van der Waals surface area (Å²) in [5.74, 6) is -0.254. The van der Waals surface area contributed by atoms with Gasteiger partial charge in [0.2, 0.25) is 0 Å². The third-order valence-corrected chi connectivity index (χ3v) is 5.91. The maximum atomic E-state index is 13.0. The van der Waals surface area contributed by atoms with Crippen molar-refractivity contribution >= 4 is 33.3 Å². The Morgan fingerprint density at radius 1 is 1.27 bits per heavy atom. The number of methoxy groups -OCH3 is 1. The lowest BCUT2D eigenvalue weighted by atomic mass is 10.2. The van der Waals surface area contributed by atoms with E-state index in [-0.39, 0.29) is 27.8 Å². The molecular formula is C17H21ClN2O5S. The minimum absolute atomic E-state index is 0.0268. The number of ether oxygens (including phenoxy) is 2. The van der Waals surface area contributed by atoms with Crippen molar-refractivity contribution in [2.45, 2.75) is 25.7 Å². The lowest BCUT2D eigenvalue weighted by molar-refractivity contribution is 0.0521. The molecule has 142 valence electrons. The molecule has 2 aromatic rings. The highest BCUT2D eigenvalue weighted by Crippen LogP contribution is 2.31. The SMILES string of the molecule is CCOC(=O)c1c(S(=O)(=O)Nc2ccc(OC)c(Cl)c2)c(C)n(C)c1C. The van der Waals surface area contributed by atoms with Crippen LogP contribution in [0.4, 0.5) is 5.69 Å². The van der Waals surface area contributed by atoms with Gasteiger partial charge in [-0.15, -0.1) is 0 Å². The average Bonchev–Trinajstić information content (AvgIpc) is 2.79. The lowest BCUT2D eigenvalue weighted by Gasteiger charge is -2.11. The van der Waals surface area contributed by atoms with Crippen LogP contribution in [0.2, 0.25) is 5.02 Å². The quantitative estimate of drug-likeness (QED) is 0.752. The zero-order valence-electron chi connectivity index (χ0n) is 15.2. The molecule has 0 saturated carbocycles. The van der Waals surface area contributed by atoms with Crippen molar-refractivity contribution in [3.63, 3.8) is 0 Å². The molecular weight excluding hydrogens is 380 g/mol. The van der Waals surface area contributed by atoms with E-state index in [1.54, 1.807) is 38.5 Å². The molecule has 0 amide bonds. The second-order valence-electron chi connectivity index (χ2n) is 5.61. The third-order valence-electron chi connectivity index (χ3n) is 4.08. The first-order chi connectivity index (χ1) is 12.1. The summed E-state index contributed by atoms with van der Waals surface area (Å²) in [6.07, 6.45) is 0. The van der Waals surface area contributed by atoms with Gasteiger partial charge in [-0.3, -0.25) is 4.72 Å². The zero-order chi connectivity index (χ0) is 19.6. The Balaban J connectivity index is 2.54. The Kier molecular flexibility index (Phi) is 5.87. The van der Waals surface area contributed by atoms with Crippen molar-refractivity contribution in [3.05, 3.63) is 40.2 Å². The molecule has 0 radical (unpaired) electrons. The van der Waals surface area contributed by atoms with Crippen LogP contribution in [0.25, 0.3) is 0 Å². The van der Waals surface area contributed by atoms with E-state index in [2.05, 4.69) is 4.72 Å². The van der Waals surface area contributed by atoms with Crippen LogP contribution >= 0.6 is 11.6 Å². The summed E-state index contributed by atoms with van der Waals surface area (Å²) >= 11 is 6.05. The van der Waals surface area contributed by atoms with Crippen molar-refractivity contribution in [3.8, 4) is 5.75 Å². The number of nitrogens with one attached hydrogen (secondary N) is 1. The Labute approximate surface area is 157 Å². The molecule has 0 atom stereocenters. The molecule has 0 saturated heterocycles. The molecule has 0 bridgehead atoms. The number of carbonyl (C=O) groups is 1. The molecule has 1 aromatic heterocycles. The first-order valence-electron chi connectivity index (χ1n) is 7.83. The normalized spacial score (nSPS) is 11.3. The van der Waals surface area contributed by atoms with Crippen LogP contribution in [0, 0.1) is 13.8 Å². The molecule has 1 heterocycles. The Morgan fingerprint density at radius 3 is 2.46 bits per heavy atom. The largest absolute Gasteiger partial charge is 0.495 e. The molecule has 7 nitrogen and oxygen atoms in total. The number of benzene rings is 1. The molecule has 0 aliphatic carbocycles. The summed E-state index contributed by atoms with van der Waals surface area (Å²) < 4.78 is 40.1. The predicted molar refractivity (Wildman–Crippen MR) is 99.7 cm³/mol. The average molecular weight is 401 g/mol. The summed E-state index contributed by atoms with van der Waals surface area (Å²) in [4.78, 5) is 12.2. The summed E-state index contributed by atoms with van der Waals surface area (Å²) in [5, 5.41) is 0.263. The van der Waals surface area contributed by atoms with Crippen molar-refractivity contribution in [2.75, 3.05) is 18.4 Å². The van der Waals surface area contributed by atoms with Gasteiger partial charge in [-0.25, -0.2) is 13.2 Å². The van der Waals surface area contributed by atoms with Gasteiger partial charge in [0.15, 0.2) is 0 Å². The van der Waals surface area contributed by atoms with E-state index in [0.717, 1.165) is 0 Å². The van der Waals surface area contributed by atoms with Crippen LogP contribution in [0.5, 0.6) is 5.75 Å². The number of nitrogens with zero attached hydrogens (tertiary/aromatic N) is 1. The standard InChI is InChI=1S/C17H21ClN2O5S/c1-6-25-17(21)15-10(2)20(4)11(3)16(15)26(22,23)19-12-7-8-14(24-5)13(18)9-12/h7-9,19H,6H2,1-5H3. The molecule has 0 spiro atoms. The van der Waals surface area contributed by atoms with Gasteiger partial charge in [-0.2, -0.15) is 0 Å². The van der Waals surface area contributed by atoms with E-state index >= 15 is 0 Å². The predicted octanol–water partition coefficient (Wildman–Crippen LogP) is 3.28. The number of halogens is 1. The number of hydrogen-bond acceptors (Lipinski definition) is 5. The number of rotatable bonds is 6. The highest BCUT2D eigenvalue weighted by Gasteiger charge is 2.31. The van der Waals surface area contributed by atoms with Crippen molar-refractivity contribution < 1.29 is 22.7 Å². The molecule has 0 aliphatic rings. The van der Waals surface area contributed by atoms with Gasteiger partial charge in [0.25, 0.3) is 10.0 Å².